The van der Waals surface area contributed by atoms with Crippen LogP contribution in [0.15, 0.2) is 94.6 Å². The first-order valence-corrected chi connectivity index (χ1v) is 17.3. The van der Waals surface area contributed by atoms with Crippen molar-refractivity contribution in [1.29, 1.82) is 0 Å². The number of hydrogen-bond acceptors (Lipinski definition) is 13. The Balaban J connectivity index is 1.50. The van der Waals surface area contributed by atoms with E-state index in [9.17, 15) is 44.4 Å². The quantitative estimate of drug-likeness (QED) is 0.168. The first kappa shape index (κ1) is 37.3. The lowest BCUT2D eigenvalue weighted by atomic mass is 10.0. The van der Waals surface area contributed by atoms with Gasteiger partial charge in [0.1, 0.15) is 0 Å². The van der Waals surface area contributed by atoms with Crippen LogP contribution in [0.3, 0.4) is 0 Å². The summed E-state index contributed by atoms with van der Waals surface area (Å²) in [5, 5.41) is 49.8. The largest absolute Gasteiger partial charge is 0.478 e. The predicted octanol–water partition coefficient (Wildman–Crippen LogP) is 1.16. The normalized spacial score (nSPS) is 20.0. The van der Waals surface area contributed by atoms with E-state index in [2.05, 4.69) is 16.0 Å². The average molecular weight is 762 g/mol. The second-order valence-corrected chi connectivity index (χ2v) is 13.5. The van der Waals surface area contributed by atoms with Crippen molar-refractivity contribution in [2.24, 2.45) is 5.73 Å². The van der Waals surface area contributed by atoms with Gasteiger partial charge in [-0.25, -0.2) is 29.1 Å². The molecule has 3 aromatic rings. The van der Waals surface area contributed by atoms with Gasteiger partial charge >= 0.3 is 23.9 Å². The standard InChI is InChI=1S/C38H35N9O9/c39-1-2-40-34(48)19-3-24-13-46-15-26-5-20(35(49)50)9-30(42-26)32-11-22(37(53)54)7-28(44-32)17-47(14-25(4-19)41-24)18-29-8-23(38(55)56)12-33(45-29)31-10-21(36(51)52)6-27(16-46)43-31/h3-12,42,44H,1-2,13-18,39H2,(H,40,48)(H,49,50)(H,51,52)(H,53,54)(H,55,56)/b32-30-. The molecule has 2 unspecified atom stereocenters. The number of amides is 1. The molecule has 12 bridgehead atoms. The molecule has 3 aromatic heterocycles. The summed E-state index contributed by atoms with van der Waals surface area (Å²) in [5.74, 6) is -5.38. The van der Waals surface area contributed by atoms with Crippen molar-refractivity contribution in [3.8, 4) is 11.4 Å². The van der Waals surface area contributed by atoms with E-state index in [0.29, 0.717) is 22.8 Å². The molecular weight excluding hydrogens is 726 g/mol. The molecule has 0 aromatic carbocycles. The number of pyridine rings is 3. The fourth-order valence-corrected chi connectivity index (χ4v) is 6.78. The lowest BCUT2D eigenvalue weighted by Gasteiger charge is -2.29. The highest BCUT2D eigenvalue weighted by Crippen LogP contribution is 2.27. The second-order valence-electron chi connectivity index (χ2n) is 13.5. The van der Waals surface area contributed by atoms with Crippen LogP contribution in [-0.4, -0.2) is 101 Å². The molecule has 0 aliphatic carbocycles. The number of nitrogens with two attached hydrogens (primary N) is 1. The molecule has 286 valence electrons. The Bertz CT molecular complexity index is 2230. The van der Waals surface area contributed by atoms with Crippen molar-refractivity contribution in [3.63, 3.8) is 0 Å². The zero-order valence-electron chi connectivity index (χ0n) is 29.6. The smallest absolute Gasteiger partial charge is 0.335 e. The van der Waals surface area contributed by atoms with Crippen LogP contribution in [0, 0.1) is 0 Å². The van der Waals surface area contributed by atoms with Crippen molar-refractivity contribution >= 4 is 29.8 Å². The van der Waals surface area contributed by atoms with Gasteiger partial charge in [0.05, 0.1) is 67.8 Å². The highest BCUT2D eigenvalue weighted by atomic mass is 16.4. The van der Waals surface area contributed by atoms with Crippen LogP contribution in [0.25, 0.3) is 11.4 Å². The number of carbonyl (C=O) groups is 5. The van der Waals surface area contributed by atoms with Gasteiger partial charge in [-0.2, -0.15) is 0 Å². The monoisotopic (exact) mass is 761 g/mol. The molecule has 56 heavy (non-hydrogen) atoms. The van der Waals surface area contributed by atoms with Gasteiger partial charge in [-0.15, -0.1) is 0 Å². The van der Waals surface area contributed by atoms with Gasteiger partial charge in [-0.1, -0.05) is 0 Å². The number of aromatic nitrogens is 3. The number of rotatable bonds is 7. The molecule has 7 rings (SSSR count). The summed E-state index contributed by atoms with van der Waals surface area (Å²) in [6.07, 6.45) is 5.64. The molecule has 0 saturated carbocycles. The predicted molar refractivity (Wildman–Crippen MR) is 196 cm³/mol. The Labute approximate surface area is 318 Å². The van der Waals surface area contributed by atoms with Crippen LogP contribution in [0.5, 0.6) is 0 Å². The molecule has 4 aliphatic heterocycles. The minimum absolute atomic E-state index is 0.0115. The van der Waals surface area contributed by atoms with E-state index in [4.69, 9.17) is 20.7 Å². The van der Waals surface area contributed by atoms with Gasteiger partial charge in [0.25, 0.3) is 5.91 Å². The van der Waals surface area contributed by atoms with Crippen molar-refractivity contribution in [2.45, 2.75) is 26.2 Å². The van der Waals surface area contributed by atoms with Gasteiger partial charge in [-0.3, -0.25) is 19.6 Å². The number of carboxylic acid groups (broad SMARTS) is 4. The Morgan fingerprint density at radius 1 is 0.571 bits per heavy atom. The number of aliphatic carboxylic acids is 2. The van der Waals surface area contributed by atoms with Crippen LogP contribution in [0.2, 0.25) is 0 Å². The van der Waals surface area contributed by atoms with Gasteiger partial charge in [0.15, 0.2) is 0 Å². The molecule has 7 heterocycles. The topological polar surface area (TPSA) is 274 Å². The first-order chi connectivity index (χ1) is 26.8. The minimum Gasteiger partial charge on any atom is -0.478 e. The Morgan fingerprint density at radius 2 is 0.982 bits per heavy atom. The molecule has 18 nitrogen and oxygen atoms in total. The number of fused-ring (bicyclic) bond motifs is 11. The zero-order valence-corrected chi connectivity index (χ0v) is 29.6. The molecule has 2 atom stereocenters. The fraction of sp³-hybridized carbons (Fsp3) is 0.211. The molecule has 0 fully saturated rings. The number of dihydropyridines is 2. The Hall–Kier alpha value is -7.02. The molecule has 18 heteroatoms. The molecule has 0 radical (unpaired) electrons. The van der Waals surface area contributed by atoms with E-state index in [1.165, 1.54) is 48.6 Å². The van der Waals surface area contributed by atoms with Crippen molar-refractivity contribution in [2.75, 3.05) is 26.2 Å². The Morgan fingerprint density at radius 3 is 1.38 bits per heavy atom. The molecule has 1 amide bonds. The van der Waals surface area contributed by atoms with Crippen molar-refractivity contribution in [1.82, 2.24) is 40.7 Å². The number of carbonyl (C=O) groups excluding carboxylic acids is 1. The van der Waals surface area contributed by atoms with Crippen LogP contribution in [0.1, 0.15) is 53.8 Å². The number of nitrogens with zero attached hydrogens (tertiary/aromatic N) is 5. The third kappa shape index (κ3) is 8.36. The molecule has 0 spiro atoms. The summed E-state index contributed by atoms with van der Waals surface area (Å²) < 4.78 is 0. The van der Waals surface area contributed by atoms with Crippen LogP contribution in [-0.2, 0) is 35.8 Å². The summed E-state index contributed by atoms with van der Waals surface area (Å²) >= 11 is 0. The number of carboxylic acids is 4. The summed E-state index contributed by atoms with van der Waals surface area (Å²) in [7, 11) is 0. The first-order valence-electron chi connectivity index (χ1n) is 17.3. The van der Waals surface area contributed by atoms with Crippen LogP contribution < -0.4 is 21.7 Å². The average Bonchev–Trinajstić information content (AvgIpc) is 3.15. The van der Waals surface area contributed by atoms with E-state index in [-0.39, 0.29) is 114 Å². The summed E-state index contributed by atoms with van der Waals surface area (Å²) in [4.78, 5) is 81.1. The summed E-state index contributed by atoms with van der Waals surface area (Å²) in [6.45, 7) is 0.511. The Kier molecular flexibility index (Phi) is 10.2. The lowest BCUT2D eigenvalue weighted by molar-refractivity contribution is -0.133. The SMILES string of the molecule is NCCNC(=O)c1cc2nc(c1)CN1CC3=CC(C(=O)O)=C/C(=C4\C=C(C(=O)O)C=C(CN(C2)Cc2cc(C(=O)O)cc(n2)-c2cc(C(=O)O)cc(n2)C1)N4)N3. The van der Waals surface area contributed by atoms with Crippen LogP contribution >= 0.6 is 0 Å². The maximum absolute atomic E-state index is 13.4. The number of aromatic carboxylic acids is 2. The van der Waals surface area contributed by atoms with Gasteiger partial charge in [0.2, 0.25) is 0 Å². The van der Waals surface area contributed by atoms with Crippen LogP contribution in [0.4, 0.5) is 0 Å². The van der Waals surface area contributed by atoms with E-state index in [1.54, 1.807) is 12.1 Å². The summed E-state index contributed by atoms with van der Waals surface area (Å²) in [6, 6.07) is 8.62. The molecular formula is C38H35N9O9. The molecule has 9 N–H and O–H groups in total. The third-order valence-corrected chi connectivity index (χ3v) is 9.10. The minimum atomic E-state index is -1.25. The maximum atomic E-state index is 13.4. The van der Waals surface area contributed by atoms with E-state index < -0.39 is 29.8 Å². The molecule has 4 aliphatic rings. The van der Waals surface area contributed by atoms with Gasteiger partial charge in [0, 0.05) is 69.3 Å². The highest BCUT2D eigenvalue weighted by Gasteiger charge is 2.26. The molecule has 0 saturated heterocycles. The number of nitrogens with one attached hydrogen (secondary N) is 3. The van der Waals surface area contributed by atoms with Gasteiger partial charge in [-0.05, 0) is 60.7 Å². The van der Waals surface area contributed by atoms with Crippen molar-refractivity contribution < 1.29 is 44.4 Å². The van der Waals surface area contributed by atoms with Crippen molar-refractivity contribution in [3.05, 3.63) is 134 Å². The number of hydrogen-bond donors (Lipinski definition) is 8. The summed E-state index contributed by atoms with van der Waals surface area (Å²) in [5.41, 5.74) is 8.48. The second kappa shape index (κ2) is 15.4. The van der Waals surface area contributed by atoms with E-state index in [1.807, 2.05) is 9.80 Å². The highest BCUT2D eigenvalue weighted by molar-refractivity contribution is 5.95. The fourth-order valence-electron chi connectivity index (χ4n) is 6.78. The van der Waals surface area contributed by atoms with Gasteiger partial charge < -0.3 is 42.1 Å². The zero-order chi connectivity index (χ0) is 39.7. The maximum Gasteiger partial charge on any atom is 0.335 e. The van der Waals surface area contributed by atoms with E-state index in [0.717, 1.165) is 0 Å². The van der Waals surface area contributed by atoms with E-state index >= 15 is 0 Å². The number of allylic oxidation sites excluding steroid dienone is 2. The lowest BCUT2D eigenvalue weighted by Crippen LogP contribution is -2.34. The third-order valence-electron chi connectivity index (χ3n) is 9.10.